The molecule has 2 heterocycles. The number of Topliss-reactive ketones (excluding diaryl/α,β-unsaturated/α-hetero) is 1. The second kappa shape index (κ2) is 5.08. The van der Waals surface area contributed by atoms with Crippen LogP contribution in [0.1, 0.15) is 46.5 Å². The van der Waals surface area contributed by atoms with E-state index in [4.69, 9.17) is 0 Å². The quantitative estimate of drug-likeness (QED) is 0.483. The molecule has 0 aliphatic heterocycles. The van der Waals surface area contributed by atoms with Gasteiger partial charge in [0.05, 0.1) is 0 Å². The summed E-state index contributed by atoms with van der Waals surface area (Å²) >= 11 is 0. The van der Waals surface area contributed by atoms with Crippen LogP contribution >= 0.6 is 0 Å². The Morgan fingerprint density at radius 2 is 2.09 bits per heavy atom. The van der Waals surface area contributed by atoms with E-state index >= 15 is 0 Å². The van der Waals surface area contributed by atoms with Gasteiger partial charge in [-0.3, -0.25) is 4.79 Å². The first-order valence-electron chi connectivity index (χ1n) is 7.28. The first kappa shape index (κ1) is 14.5. The monoisotopic (exact) mass is 302 g/mol. The normalized spacial score (nSPS) is 14.3. The van der Waals surface area contributed by atoms with Crippen molar-refractivity contribution in [2.45, 2.75) is 46.2 Å². The highest BCUT2D eigenvalue weighted by Gasteiger charge is 2.29. The number of aryl methyl sites for hydroxylation is 2. The zero-order chi connectivity index (χ0) is 16.0. The van der Waals surface area contributed by atoms with Gasteiger partial charge in [0.15, 0.2) is 12.4 Å². The van der Waals surface area contributed by atoms with E-state index in [0.717, 1.165) is 24.2 Å². The molecule has 0 atom stereocenters. The molecule has 3 rings (SSSR count). The molecule has 1 aliphatic rings. The Balaban J connectivity index is 1.91. The smallest absolute Gasteiger partial charge is 0.343 e. The van der Waals surface area contributed by atoms with E-state index in [-0.39, 0.29) is 18.1 Å². The fourth-order valence-corrected chi connectivity index (χ4v) is 2.98. The van der Waals surface area contributed by atoms with Crippen LogP contribution in [-0.4, -0.2) is 24.8 Å². The van der Waals surface area contributed by atoms with Crippen LogP contribution in [0.5, 0.6) is 0 Å². The summed E-state index contributed by atoms with van der Waals surface area (Å²) in [7, 11) is 0. The molecule has 0 aromatic carbocycles. The average Bonchev–Trinajstić information content (AvgIpc) is 3.14. The van der Waals surface area contributed by atoms with Crippen molar-refractivity contribution < 1.29 is 9.72 Å². The summed E-state index contributed by atoms with van der Waals surface area (Å²) in [5.74, 6) is 0.196. The first-order chi connectivity index (χ1) is 10.4. The van der Waals surface area contributed by atoms with Gasteiger partial charge in [0.1, 0.15) is 6.20 Å². The maximum absolute atomic E-state index is 12.6. The van der Waals surface area contributed by atoms with Gasteiger partial charge in [-0.2, -0.15) is 0 Å². The summed E-state index contributed by atoms with van der Waals surface area (Å²) in [6.07, 6.45) is 3.49. The Kier molecular flexibility index (Phi) is 3.35. The molecule has 22 heavy (non-hydrogen) atoms. The highest BCUT2D eigenvalue weighted by molar-refractivity contribution is 5.97. The number of carbonyl (C=O) groups is 1. The van der Waals surface area contributed by atoms with Crippen molar-refractivity contribution >= 4 is 11.6 Å². The van der Waals surface area contributed by atoms with Gasteiger partial charge in [-0.15, -0.1) is 0 Å². The van der Waals surface area contributed by atoms with E-state index in [1.54, 1.807) is 6.92 Å². The summed E-state index contributed by atoms with van der Waals surface area (Å²) in [5, 5.41) is 11.0. The standard InChI is InChI=1S/C15H18N4O3/c1-9-6-13(10(2)18(9)12-4-5-12)14(20)8-17-11(3)16-7-15(17)19(21)22/h6-7,12H,4-5,8H2,1-3H3. The number of ketones is 1. The molecular weight excluding hydrogens is 284 g/mol. The van der Waals surface area contributed by atoms with Crippen molar-refractivity contribution in [2.75, 3.05) is 0 Å². The van der Waals surface area contributed by atoms with Gasteiger partial charge >= 0.3 is 5.82 Å². The summed E-state index contributed by atoms with van der Waals surface area (Å²) in [4.78, 5) is 27.0. The molecule has 116 valence electrons. The summed E-state index contributed by atoms with van der Waals surface area (Å²) in [6, 6.07) is 2.39. The zero-order valence-corrected chi connectivity index (χ0v) is 12.9. The van der Waals surface area contributed by atoms with Crippen LogP contribution in [0, 0.1) is 30.9 Å². The Hall–Kier alpha value is -2.44. The maximum Gasteiger partial charge on any atom is 0.343 e. The molecule has 0 saturated heterocycles. The number of hydrogen-bond acceptors (Lipinski definition) is 4. The number of imidazole rings is 1. The third-order valence-corrected chi connectivity index (χ3v) is 4.22. The molecule has 0 bridgehead atoms. The van der Waals surface area contributed by atoms with E-state index in [1.807, 2.05) is 19.9 Å². The summed E-state index contributed by atoms with van der Waals surface area (Å²) in [5.41, 5.74) is 2.66. The summed E-state index contributed by atoms with van der Waals surface area (Å²) in [6.45, 7) is 5.53. The molecule has 1 saturated carbocycles. The molecule has 0 unspecified atom stereocenters. The number of rotatable bonds is 5. The molecule has 0 N–H and O–H groups in total. The van der Waals surface area contributed by atoms with Crippen LogP contribution in [0.25, 0.3) is 0 Å². The average molecular weight is 302 g/mol. The Labute approximate surface area is 127 Å². The van der Waals surface area contributed by atoms with E-state index in [9.17, 15) is 14.9 Å². The fourth-order valence-electron chi connectivity index (χ4n) is 2.98. The second-order valence-electron chi connectivity index (χ2n) is 5.82. The van der Waals surface area contributed by atoms with Crippen LogP contribution in [0.3, 0.4) is 0 Å². The van der Waals surface area contributed by atoms with Gasteiger partial charge in [-0.25, -0.2) is 9.55 Å². The lowest BCUT2D eigenvalue weighted by Crippen LogP contribution is -2.14. The molecule has 7 heteroatoms. The first-order valence-corrected chi connectivity index (χ1v) is 7.28. The highest BCUT2D eigenvalue weighted by Crippen LogP contribution is 2.38. The lowest BCUT2D eigenvalue weighted by molar-refractivity contribution is -0.392. The topological polar surface area (TPSA) is 83.0 Å². The molecule has 7 nitrogen and oxygen atoms in total. The largest absolute Gasteiger partial charge is 0.358 e. The Bertz CT molecular complexity index is 768. The molecule has 0 radical (unpaired) electrons. The highest BCUT2D eigenvalue weighted by atomic mass is 16.6. The minimum Gasteiger partial charge on any atom is -0.358 e. The molecule has 2 aromatic rings. The van der Waals surface area contributed by atoms with Crippen LogP contribution < -0.4 is 0 Å². The number of carbonyl (C=O) groups excluding carboxylic acids is 1. The SMILES string of the molecule is Cc1ncc([N+](=O)[O-])n1CC(=O)c1cc(C)n(C2CC2)c1C. The minimum atomic E-state index is -0.513. The zero-order valence-electron chi connectivity index (χ0n) is 12.9. The number of hydrogen-bond donors (Lipinski definition) is 0. The molecule has 1 aliphatic carbocycles. The predicted octanol–water partition coefficient (Wildman–Crippen LogP) is 2.74. The molecule has 0 amide bonds. The number of nitrogens with zero attached hydrogens (tertiary/aromatic N) is 4. The fraction of sp³-hybridized carbons (Fsp3) is 0.467. The minimum absolute atomic E-state index is 0.0584. The van der Waals surface area contributed by atoms with Gasteiger partial charge in [-0.05, 0) is 37.7 Å². The van der Waals surface area contributed by atoms with Crippen LogP contribution in [-0.2, 0) is 6.54 Å². The number of aromatic nitrogens is 3. The van der Waals surface area contributed by atoms with Gasteiger partial charge in [0, 0.05) is 29.9 Å². The lowest BCUT2D eigenvalue weighted by atomic mass is 10.1. The van der Waals surface area contributed by atoms with Crippen LogP contribution in [0.2, 0.25) is 0 Å². The van der Waals surface area contributed by atoms with E-state index in [1.165, 1.54) is 10.8 Å². The third-order valence-electron chi connectivity index (χ3n) is 4.22. The van der Waals surface area contributed by atoms with Crippen molar-refractivity contribution in [3.63, 3.8) is 0 Å². The van der Waals surface area contributed by atoms with E-state index < -0.39 is 4.92 Å². The maximum atomic E-state index is 12.6. The van der Waals surface area contributed by atoms with Crippen molar-refractivity contribution in [3.8, 4) is 0 Å². The van der Waals surface area contributed by atoms with Gasteiger partial charge in [0.2, 0.25) is 5.78 Å². The molecule has 2 aromatic heterocycles. The van der Waals surface area contributed by atoms with Crippen molar-refractivity contribution in [1.29, 1.82) is 0 Å². The van der Waals surface area contributed by atoms with Gasteiger partial charge in [0.25, 0.3) is 0 Å². The van der Waals surface area contributed by atoms with Crippen LogP contribution in [0.15, 0.2) is 12.3 Å². The molecular formula is C15H18N4O3. The van der Waals surface area contributed by atoms with Gasteiger partial charge < -0.3 is 14.7 Å². The van der Waals surface area contributed by atoms with Crippen LogP contribution in [0.4, 0.5) is 5.82 Å². The molecule has 0 spiro atoms. The Morgan fingerprint density at radius 1 is 1.41 bits per heavy atom. The predicted molar refractivity (Wildman–Crippen MR) is 80.1 cm³/mol. The lowest BCUT2D eigenvalue weighted by Gasteiger charge is -2.07. The third kappa shape index (κ3) is 2.32. The van der Waals surface area contributed by atoms with E-state index in [0.29, 0.717) is 17.4 Å². The number of nitro groups is 1. The van der Waals surface area contributed by atoms with Crippen molar-refractivity contribution in [3.05, 3.63) is 45.2 Å². The van der Waals surface area contributed by atoms with Gasteiger partial charge in [-0.1, -0.05) is 0 Å². The van der Waals surface area contributed by atoms with Crippen molar-refractivity contribution in [2.24, 2.45) is 0 Å². The summed E-state index contributed by atoms with van der Waals surface area (Å²) < 4.78 is 3.55. The van der Waals surface area contributed by atoms with E-state index in [2.05, 4.69) is 9.55 Å². The van der Waals surface area contributed by atoms with Crippen molar-refractivity contribution in [1.82, 2.24) is 14.1 Å². The molecule has 1 fully saturated rings. The second-order valence-corrected chi connectivity index (χ2v) is 5.82. The Morgan fingerprint density at radius 3 is 2.68 bits per heavy atom.